The molecule has 0 amide bonds. The van der Waals surface area contributed by atoms with Crippen LogP contribution in [0.1, 0.15) is 13.3 Å². The van der Waals surface area contributed by atoms with Crippen molar-refractivity contribution in [1.29, 1.82) is 0 Å². The number of hydrogen-bond acceptors (Lipinski definition) is 1. The average Bonchev–Trinajstić information content (AvgIpc) is 1.66. The molecule has 2 N–H and O–H groups in total. The summed E-state index contributed by atoms with van der Waals surface area (Å²) >= 11 is 0. The minimum absolute atomic E-state index is 0.176. The smallest absolute Gasteiger partial charge is 0.0194 e. The van der Waals surface area contributed by atoms with E-state index in [-0.39, 0.29) is 6.04 Å². The van der Waals surface area contributed by atoms with Gasteiger partial charge in [-0.2, -0.15) is 0 Å². The Morgan fingerprint density at radius 3 is 2.75 bits per heavy atom. The van der Waals surface area contributed by atoms with Gasteiger partial charge in [0, 0.05) is 6.04 Å². The molecule has 0 fully saturated rings. The van der Waals surface area contributed by atoms with Gasteiger partial charge in [0.05, 0.1) is 0 Å². The van der Waals surface area contributed by atoms with Crippen LogP contribution in [0.4, 0.5) is 0 Å². The van der Waals surface area contributed by atoms with Gasteiger partial charge in [-0.25, -0.2) is 0 Å². The van der Waals surface area contributed by atoms with Crippen LogP contribution in [0.25, 0.3) is 0 Å². The van der Waals surface area contributed by atoms with Crippen LogP contribution in [0.15, 0.2) is 24.8 Å². The highest BCUT2D eigenvalue weighted by molar-refractivity contribution is 4.92. The van der Waals surface area contributed by atoms with Gasteiger partial charge in [-0.3, -0.25) is 0 Å². The first kappa shape index (κ1) is 7.44. The van der Waals surface area contributed by atoms with Gasteiger partial charge in [0.2, 0.25) is 0 Å². The highest BCUT2D eigenvalue weighted by Crippen LogP contribution is 1.84. The Balaban J connectivity index is 3.19. The summed E-state index contributed by atoms with van der Waals surface area (Å²) in [6.07, 6.45) is 6.74. The van der Waals surface area contributed by atoms with Gasteiger partial charge in [-0.1, -0.05) is 18.2 Å². The van der Waals surface area contributed by atoms with E-state index in [2.05, 4.69) is 6.58 Å². The highest BCUT2D eigenvalue weighted by Gasteiger charge is 1.78. The van der Waals surface area contributed by atoms with Crippen molar-refractivity contribution in [3.63, 3.8) is 0 Å². The van der Waals surface area contributed by atoms with E-state index in [9.17, 15) is 0 Å². The summed E-state index contributed by atoms with van der Waals surface area (Å²) in [5.41, 5.74) is 5.41. The molecule has 0 saturated carbocycles. The molecule has 0 aromatic carbocycles. The summed E-state index contributed by atoms with van der Waals surface area (Å²) in [4.78, 5) is 0. The fraction of sp³-hybridized carbons (Fsp3) is 0.429. The van der Waals surface area contributed by atoms with Crippen LogP contribution in [-0.4, -0.2) is 6.04 Å². The van der Waals surface area contributed by atoms with E-state index in [0.717, 1.165) is 6.42 Å². The molecule has 1 atom stereocenters. The number of hydrogen-bond donors (Lipinski definition) is 1. The zero-order valence-electron chi connectivity index (χ0n) is 5.30. The molecule has 1 heteroatoms. The minimum atomic E-state index is 0.176. The monoisotopic (exact) mass is 111 g/mol. The standard InChI is InChI=1S/C7H13N/c1-3-4-5-6-7(2)8/h3,5-7H,1,4,8H2,2H3. The Labute approximate surface area is 50.9 Å². The van der Waals surface area contributed by atoms with Gasteiger partial charge in [-0.15, -0.1) is 6.58 Å². The molecule has 0 heterocycles. The lowest BCUT2D eigenvalue weighted by molar-refractivity contribution is 0.921. The minimum Gasteiger partial charge on any atom is -0.325 e. The molecule has 0 saturated heterocycles. The Morgan fingerprint density at radius 1 is 1.75 bits per heavy atom. The van der Waals surface area contributed by atoms with Crippen LogP contribution in [-0.2, 0) is 0 Å². The molecule has 0 bridgehead atoms. The quantitative estimate of drug-likeness (QED) is 0.548. The lowest BCUT2D eigenvalue weighted by Gasteiger charge is -1.90. The van der Waals surface area contributed by atoms with Gasteiger partial charge in [0.1, 0.15) is 0 Å². The fourth-order valence-electron chi connectivity index (χ4n) is 0.389. The van der Waals surface area contributed by atoms with Crippen molar-refractivity contribution in [2.24, 2.45) is 5.73 Å². The summed E-state index contributed by atoms with van der Waals surface area (Å²) in [6, 6.07) is 0.176. The van der Waals surface area contributed by atoms with Crippen molar-refractivity contribution in [3.05, 3.63) is 24.8 Å². The van der Waals surface area contributed by atoms with Crippen molar-refractivity contribution < 1.29 is 0 Å². The third-order valence-corrected chi connectivity index (χ3v) is 0.742. The maximum atomic E-state index is 5.41. The third-order valence-electron chi connectivity index (χ3n) is 0.742. The Kier molecular flexibility index (Phi) is 4.27. The maximum Gasteiger partial charge on any atom is 0.0194 e. The van der Waals surface area contributed by atoms with Crippen LogP contribution >= 0.6 is 0 Å². The fourth-order valence-corrected chi connectivity index (χ4v) is 0.389. The molecule has 1 nitrogen and oxygen atoms in total. The second kappa shape index (κ2) is 4.60. The predicted octanol–water partition coefficient (Wildman–Crippen LogP) is 1.47. The molecule has 0 aliphatic carbocycles. The largest absolute Gasteiger partial charge is 0.325 e. The van der Waals surface area contributed by atoms with E-state index in [1.807, 2.05) is 25.2 Å². The molecular weight excluding hydrogens is 98.1 g/mol. The van der Waals surface area contributed by atoms with Gasteiger partial charge in [0.25, 0.3) is 0 Å². The van der Waals surface area contributed by atoms with Gasteiger partial charge in [0.15, 0.2) is 0 Å². The third kappa shape index (κ3) is 5.44. The van der Waals surface area contributed by atoms with E-state index in [1.54, 1.807) is 0 Å². The number of rotatable bonds is 3. The van der Waals surface area contributed by atoms with Crippen LogP contribution in [0.2, 0.25) is 0 Å². The molecule has 1 unspecified atom stereocenters. The number of nitrogens with two attached hydrogens (primary N) is 1. The lowest BCUT2D eigenvalue weighted by atomic mass is 10.3. The summed E-state index contributed by atoms with van der Waals surface area (Å²) in [5, 5.41) is 0. The maximum absolute atomic E-state index is 5.41. The van der Waals surface area contributed by atoms with Gasteiger partial charge >= 0.3 is 0 Å². The molecule has 0 aromatic heterocycles. The van der Waals surface area contributed by atoms with Crippen LogP contribution in [0.3, 0.4) is 0 Å². The zero-order chi connectivity index (χ0) is 6.41. The summed E-state index contributed by atoms with van der Waals surface area (Å²) in [5.74, 6) is 0. The van der Waals surface area contributed by atoms with Gasteiger partial charge < -0.3 is 5.73 Å². The molecular formula is C7H13N. The summed E-state index contributed by atoms with van der Waals surface area (Å²) < 4.78 is 0. The summed E-state index contributed by atoms with van der Waals surface area (Å²) in [7, 11) is 0. The highest BCUT2D eigenvalue weighted by atomic mass is 14.6. The first-order chi connectivity index (χ1) is 3.77. The first-order valence-electron chi connectivity index (χ1n) is 2.80. The van der Waals surface area contributed by atoms with E-state index >= 15 is 0 Å². The van der Waals surface area contributed by atoms with E-state index in [0.29, 0.717) is 0 Å². The van der Waals surface area contributed by atoms with E-state index in [1.165, 1.54) is 0 Å². The molecule has 0 aliphatic heterocycles. The van der Waals surface area contributed by atoms with Crippen LogP contribution in [0, 0.1) is 0 Å². The van der Waals surface area contributed by atoms with E-state index in [4.69, 9.17) is 5.73 Å². The molecule has 0 spiro atoms. The second-order valence-electron chi connectivity index (χ2n) is 1.81. The van der Waals surface area contributed by atoms with Crippen molar-refractivity contribution in [1.82, 2.24) is 0 Å². The molecule has 0 rings (SSSR count). The molecule has 8 heavy (non-hydrogen) atoms. The topological polar surface area (TPSA) is 26.0 Å². The van der Waals surface area contributed by atoms with Crippen molar-refractivity contribution in [2.75, 3.05) is 0 Å². The Morgan fingerprint density at radius 2 is 2.38 bits per heavy atom. The van der Waals surface area contributed by atoms with Crippen LogP contribution < -0.4 is 5.73 Å². The zero-order valence-corrected chi connectivity index (χ0v) is 5.30. The first-order valence-corrected chi connectivity index (χ1v) is 2.80. The molecule has 0 aromatic rings. The number of allylic oxidation sites excluding steroid dienone is 2. The van der Waals surface area contributed by atoms with Crippen LogP contribution in [0.5, 0.6) is 0 Å². The predicted molar refractivity (Wildman–Crippen MR) is 37.6 cm³/mol. The average molecular weight is 111 g/mol. The van der Waals surface area contributed by atoms with Crippen molar-refractivity contribution in [3.8, 4) is 0 Å². The Bertz CT molecular complexity index is 82.4. The second-order valence-corrected chi connectivity index (χ2v) is 1.81. The lowest BCUT2D eigenvalue weighted by Crippen LogP contribution is -2.09. The molecule has 0 aliphatic rings. The van der Waals surface area contributed by atoms with Crippen molar-refractivity contribution in [2.45, 2.75) is 19.4 Å². The Hall–Kier alpha value is -0.560. The van der Waals surface area contributed by atoms with Crippen molar-refractivity contribution >= 4 is 0 Å². The molecule has 46 valence electrons. The SMILES string of the molecule is C=CCC=CC(C)N. The molecule has 0 radical (unpaired) electrons. The van der Waals surface area contributed by atoms with Gasteiger partial charge in [-0.05, 0) is 13.3 Å². The summed E-state index contributed by atoms with van der Waals surface area (Å²) in [6.45, 7) is 5.51. The normalized spacial score (nSPS) is 14.2. The van der Waals surface area contributed by atoms with E-state index < -0.39 is 0 Å².